The van der Waals surface area contributed by atoms with Crippen LogP contribution < -0.4 is 10.8 Å². The summed E-state index contributed by atoms with van der Waals surface area (Å²) in [4.78, 5) is 6.90. The smallest absolute Gasteiger partial charge is 0.277 e. The molecule has 2 N–H and O–H groups in total. The van der Waals surface area contributed by atoms with Gasteiger partial charge in [0.2, 0.25) is 5.95 Å². The van der Waals surface area contributed by atoms with Crippen LogP contribution in [-0.2, 0) is 0 Å². The monoisotopic (exact) mass is 152 g/mol. The number of nitrogens with two attached hydrogens (primary N) is 1. The van der Waals surface area contributed by atoms with Crippen LogP contribution in [0.4, 0.5) is 5.95 Å². The van der Waals surface area contributed by atoms with Crippen molar-refractivity contribution in [2.75, 3.05) is 5.73 Å². The molecule has 0 saturated carbocycles. The van der Waals surface area contributed by atoms with E-state index in [1.165, 1.54) is 0 Å². The van der Waals surface area contributed by atoms with E-state index >= 15 is 0 Å². The number of hydrogen-bond donors (Lipinski definition) is 1. The van der Waals surface area contributed by atoms with Gasteiger partial charge in [-0.3, -0.25) is 0 Å². The Kier molecular flexibility index (Phi) is 0.916. The highest BCUT2D eigenvalue weighted by Crippen LogP contribution is 2.01. The molecular weight excluding hydrogens is 150 g/mol. The molecule has 0 radical (unpaired) electrons. The lowest BCUT2D eigenvalue weighted by Crippen LogP contribution is -2.08. The van der Waals surface area contributed by atoms with Crippen molar-refractivity contribution >= 4 is 11.7 Å². The first-order valence-electron chi connectivity index (χ1n) is 2.66. The van der Waals surface area contributed by atoms with Crippen molar-refractivity contribution in [2.45, 2.75) is 0 Å². The molecule has 2 aromatic rings. The van der Waals surface area contributed by atoms with Crippen LogP contribution in [0.3, 0.4) is 0 Å². The van der Waals surface area contributed by atoms with Gasteiger partial charge in [-0.1, -0.05) is 5.10 Å². The van der Waals surface area contributed by atoms with Gasteiger partial charge in [0.1, 0.15) is 0 Å². The van der Waals surface area contributed by atoms with Crippen LogP contribution in [0.2, 0.25) is 0 Å². The lowest BCUT2D eigenvalue weighted by atomic mass is 10.9. The molecule has 56 valence electrons. The summed E-state index contributed by atoms with van der Waals surface area (Å²) in [7, 11) is 0. The molecule has 0 atom stereocenters. The van der Waals surface area contributed by atoms with Gasteiger partial charge in [-0.05, 0) is 10.4 Å². The molecule has 11 heavy (non-hydrogen) atoms. The fraction of sp³-hybridized carbons (Fsp3) is 0. The molecule has 8 heteroatoms. The fourth-order valence-corrected chi connectivity index (χ4v) is 0.649. The van der Waals surface area contributed by atoms with E-state index in [2.05, 4.69) is 25.5 Å². The number of rotatable bonds is 0. The van der Waals surface area contributed by atoms with Crippen molar-refractivity contribution in [1.29, 1.82) is 0 Å². The Hall–Kier alpha value is -1.99. The summed E-state index contributed by atoms with van der Waals surface area (Å²) in [5, 5.41) is 20.8. The van der Waals surface area contributed by atoms with Gasteiger partial charge < -0.3 is 10.8 Å². The van der Waals surface area contributed by atoms with Gasteiger partial charge >= 0.3 is 0 Å². The van der Waals surface area contributed by atoms with Crippen LogP contribution in [-0.4, -0.2) is 30.0 Å². The van der Waals surface area contributed by atoms with Crippen LogP contribution in [0.1, 0.15) is 0 Å². The van der Waals surface area contributed by atoms with Crippen LogP contribution >= 0.6 is 0 Å². The van der Waals surface area contributed by atoms with Crippen LogP contribution in [0.25, 0.3) is 5.78 Å². The predicted molar refractivity (Wildman–Crippen MR) is 30.2 cm³/mol. The molecule has 2 heterocycles. The van der Waals surface area contributed by atoms with Gasteiger partial charge in [-0.15, -0.1) is 0 Å². The maximum Gasteiger partial charge on any atom is 0.277 e. The Bertz CT molecular complexity index is 393. The average molecular weight is 152 g/mol. The Morgan fingerprint density at radius 3 is 3.00 bits per heavy atom. The zero-order chi connectivity index (χ0) is 7.84. The normalized spacial score (nSPS) is 10.5. The molecule has 8 nitrogen and oxygen atoms in total. The molecule has 0 fully saturated rings. The van der Waals surface area contributed by atoms with Crippen molar-refractivity contribution in [2.24, 2.45) is 0 Å². The van der Waals surface area contributed by atoms with E-state index < -0.39 is 6.01 Å². The van der Waals surface area contributed by atoms with E-state index in [-0.39, 0.29) is 11.7 Å². The van der Waals surface area contributed by atoms with E-state index in [0.717, 1.165) is 4.52 Å². The fourth-order valence-electron chi connectivity index (χ4n) is 0.649. The summed E-state index contributed by atoms with van der Waals surface area (Å²) in [6, 6.07) is -0.627. The lowest BCUT2D eigenvalue weighted by Gasteiger charge is -2.03. The number of nitrogen functional groups attached to an aromatic ring is 1. The summed E-state index contributed by atoms with van der Waals surface area (Å²) in [5.74, 6) is -0.0696. The molecule has 0 unspecified atom stereocenters. The minimum absolute atomic E-state index is 0.0579. The summed E-state index contributed by atoms with van der Waals surface area (Å²) in [5.41, 5.74) is 5.15. The molecule has 0 aliphatic heterocycles. The third kappa shape index (κ3) is 0.723. The van der Waals surface area contributed by atoms with E-state index in [1.54, 1.807) is 0 Å². The maximum absolute atomic E-state index is 10.8. The van der Waals surface area contributed by atoms with Crippen LogP contribution in [0, 0.1) is 0 Å². The molecule has 0 amide bonds. The zero-order valence-corrected chi connectivity index (χ0v) is 5.17. The second kappa shape index (κ2) is 1.75. The van der Waals surface area contributed by atoms with Crippen LogP contribution in [0.15, 0.2) is 0 Å². The average Bonchev–Trinajstić information content (AvgIpc) is 2.34. The predicted octanol–water partition coefficient (Wildman–Crippen LogP) is -2.43. The third-order valence-corrected chi connectivity index (χ3v) is 1.06. The number of tetrazole rings is 1. The second-order valence-corrected chi connectivity index (χ2v) is 1.76. The topological polar surface area (TPSA) is 118 Å². The third-order valence-electron chi connectivity index (χ3n) is 1.06. The second-order valence-electron chi connectivity index (χ2n) is 1.76. The van der Waals surface area contributed by atoms with Crippen molar-refractivity contribution in [3.05, 3.63) is 0 Å². The number of aromatic nitrogens is 6. The van der Waals surface area contributed by atoms with Crippen molar-refractivity contribution in [3.8, 4) is 6.01 Å². The Balaban J connectivity index is 2.91. The first-order valence-corrected chi connectivity index (χ1v) is 2.66. The van der Waals surface area contributed by atoms with Gasteiger partial charge in [-0.25, -0.2) is 4.98 Å². The van der Waals surface area contributed by atoms with Crippen molar-refractivity contribution in [1.82, 2.24) is 30.0 Å². The standard InChI is InChI=1S/C3H3N7O/c4-1-5-2-7-8-9-10(2)3(11)6-1/h(H3,4,5,6,7,9,11)/p-1. The molecular formula is C3H2N7O-. The van der Waals surface area contributed by atoms with Crippen molar-refractivity contribution < 1.29 is 5.11 Å². The van der Waals surface area contributed by atoms with Gasteiger partial charge in [-0.2, -0.15) is 9.50 Å². The number of fused-ring (bicyclic) bond motifs is 1. The largest absolute Gasteiger partial charge is 0.844 e. The molecule has 0 aliphatic rings. The van der Waals surface area contributed by atoms with Crippen molar-refractivity contribution in [3.63, 3.8) is 0 Å². The first-order chi connectivity index (χ1) is 5.27. The quantitative estimate of drug-likeness (QED) is 0.445. The summed E-state index contributed by atoms with van der Waals surface area (Å²) in [6.07, 6.45) is 0. The molecule has 2 aromatic heterocycles. The molecule has 2 rings (SSSR count). The molecule has 0 bridgehead atoms. The molecule has 0 spiro atoms. The highest BCUT2D eigenvalue weighted by molar-refractivity contribution is 5.32. The highest BCUT2D eigenvalue weighted by Gasteiger charge is 1.99. The molecule has 0 aromatic carbocycles. The minimum atomic E-state index is -0.627. The Labute approximate surface area is 59.7 Å². The maximum atomic E-state index is 10.8. The zero-order valence-electron chi connectivity index (χ0n) is 5.17. The summed E-state index contributed by atoms with van der Waals surface area (Å²) < 4.78 is 0.857. The lowest BCUT2D eigenvalue weighted by molar-refractivity contribution is -0.284. The van der Waals surface area contributed by atoms with Gasteiger partial charge in [0.15, 0.2) is 0 Å². The van der Waals surface area contributed by atoms with E-state index in [1.807, 2.05) is 0 Å². The number of hydrogen-bond acceptors (Lipinski definition) is 7. The van der Waals surface area contributed by atoms with E-state index in [0.29, 0.717) is 0 Å². The Morgan fingerprint density at radius 2 is 2.18 bits per heavy atom. The number of nitrogens with zero attached hydrogens (tertiary/aromatic N) is 6. The SMILES string of the molecule is Nc1nc([O-])n2nnnc2n1. The molecule has 0 aliphatic carbocycles. The highest BCUT2D eigenvalue weighted by atomic mass is 16.3. The first kappa shape index (κ1) is 5.77. The number of anilines is 1. The molecule has 0 saturated heterocycles. The van der Waals surface area contributed by atoms with E-state index in [4.69, 9.17) is 5.73 Å². The Morgan fingerprint density at radius 1 is 1.36 bits per heavy atom. The van der Waals surface area contributed by atoms with Crippen LogP contribution in [0.5, 0.6) is 6.01 Å². The summed E-state index contributed by atoms with van der Waals surface area (Å²) >= 11 is 0. The van der Waals surface area contributed by atoms with E-state index in [9.17, 15) is 5.11 Å². The van der Waals surface area contributed by atoms with Gasteiger partial charge in [0, 0.05) is 0 Å². The van der Waals surface area contributed by atoms with Gasteiger partial charge in [0.25, 0.3) is 5.78 Å². The summed E-state index contributed by atoms with van der Waals surface area (Å²) in [6.45, 7) is 0. The van der Waals surface area contributed by atoms with Gasteiger partial charge in [0.05, 0.1) is 6.01 Å². The minimum Gasteiger partial charge on any atom is -0.844 e.